The Bertz CT molecular complexity index is 202. The van der Waals surface area contributed by atoms with Crippen molar-refractivity contribution < 1.29 is 29.3 Å². The molecule has 6 heteroatoms. The molecule has 0 aromatic carbocycles. The predicted molar refractivity (Wildman–Crippen MR) is 43.2 cm³/mol. The molecule has 2 atom stereocenters. The lowest BCUT2D eigenvalue weighted by Crippen LogP contribution is -2.42. The lowest BCUT2D eigenvalue weighted by Gasteiger charge is -2.17. The normalized spacial score (nSPS) is 30.4. The van der Waals surface area contributed by atoms with Gasteiger partial charge < -0.3 is 19.7 Å². The van der Waals surface area contributed by atoms with Crippen LogP contribution in [0.25, 0.3) is 0 Å². The molecule has 0 spiro atoms. The molecule has 0 aliphatic carbocycles. The fourth-order valence-electron chi connectivity index (χ4n) is 0.978. The molecule has 1 heterocycles. The van der Waals surface area contributed by atoms with E-state index in [-0.39, 0.29) is 13.2 Å². The predicted octanol–water partition coefficient (Wildman–Crippen LogP) is -1.41. The van der Waals surface area contributed by atoms with Crippen molar-refractivity contribution in [2.24, 2.45) is 0 Å². The quantitative estimate of drug-likeness (QED) is 0.471. The minimum absolute atomic E-state index is 0.153. The minimum Gasteiger partial charge on any atom is -0.464 e. The highest BCUT2D eigenvalue weighted by atomic mass is 16.6. The molecule has 80 valence electrons. The number of hydrogen-bond donors (Lipinski definition) is 2. The molecule has 0 saturated carbocycles. The molecule has 2 N–H and O–H groups in total. The molecular weight excluding hydrogens is 192 g/mol. The fourth-order valence-corrected chi connectivity index (χ4v) is 0.978. The monoisotopic (exact) mass is 204 g/mol. The van der Waals surface area contributed by atoms with Gasteiger partial charge in [0.05, 0.1) is 13.2 Å². The van der Waals surface area contributed by atoms with E-state index in [2.05, 4.69) is 9.47 Å². The fraction of sp³-hybridized carbons (Fsp3) is 0.750. The highest BCUT2D eigenvalue weighted by Gasteiger charge is 2.33. The number of rotatable bonds is 0. The molecule has 1 aliphatic heterocycles. The lowest BCUT2D eigenvalue weighted by molar-refractivity contribution is -0.174. The van der Waals surface area contributed by atoms with E-state index in [1.807, 2.05) is 0 Å². The Morgan fingerprint density at radius 2 is 1.29 bits per heavy atom. The van der Waals surface area contributed by atoms with Crippen LogP contribution in [0.4, 0.5) is 0 Å². The first-order valence-electron chi connectivity index (χ1n) is 4.32. The van der Waals surface area contributed by atoms with Crippen LogP contribution < -0.4 is 0 Å². The van der Waals surface area contributed by atoms with Crippen molar-refractivity contribution in [1.82, 2.24) is 0 Å². The zero-order valence-electron chi connectivity index (χ0n) is 7.51. The van der Waals surface area contributed by atoms with E-state index in [9.17, 15) is 9.59 Å². The minimum atomic E-state index is -1.86. The van der Waals surface area contributed by atoms with E-state index in [0.717, 1.165) is 0 Å². The molecule has 1 saturated heterocycles. The Balaban J connectivity index is 2.62. The van der Waals surface area contributed by atoms with Crippen LogP contribution in [0.2, 0.25) is 0 Å². The van der Waals surface area contributed by atoms with Crippen LogP contribution in [-0.2, 0) is 19.1 Å². The lowest BCUT2D eigenvalue weighted by atomic mass is 10.2. The second-order valence-electron chi connectivity index (χ2n) is 2.93. The number of cyclic esters (lactones) is 2. The van der Waals surface area contributed by atoms with Crippen molar-refractivity contribution in [3.63, 3.8) is 0 Å². The number of carbonyl (C=O) groups excluding carboxylic acids is 2. The smallest absolute Gasteiger partial charge is 0.338 e. The van der Waals surface area contributed by atoms with Crippen LogP contribution >= 0.6 is 0 Å². The maximum atomic E-state index is 10.9. The van der Waals surface area contributed by atoms with E-state index < -0.39 is 24.1 Å². The Kier molecular flexibility index (Phi) is 3.84. The molecule has 0 amide bonds. The van der Waals surface area contributed by atoms with Gasteiger partial charge in [-0.15, -0.1) is 0 Å². The zero-order chi connectivity index (χ0) is 10.6. The van der Waals surface area contributed by atoms with Crippen molar-refractivity contribution in [2.45, 2.75) is 25.0 Å². The SMILES string of the molecule is O=C1OCCCCOC(=O)C(O)C1O. The maximum absolute atomic E-state index is 10.9. The van der Waals surface area contributed by atoms with Crippen LogP contribution in [0.15, 0.2) is 0 Å². The van der Waals surface area contributed by atoms with Crippen molar-refractivity contribution >= 4 is 11.9 Å². The second kappa shape index (κ2) is 4.92. The maximum Gasteiger partial charge on any atom is 0.338 e. The Labute approximate surface area is 80.4 Å². The molecule has 1 fully saturated rings. The van der Waals surface area contributed by atoms with E-state index in [1.54, 1.807) is 0 Å². The molecule has 0 bridgehead atoms. The van der Waals surface area contributed by atoms with Gasteiger partial charge in [0.2, 0.25) is 0 Å². The molecule has 2 unspecified atom stereocenters. The summed E-state index contributed by atoms with van der Waals surface area (Å²) in [5.74, 6) is -2.01. The van der Waals surface area contributed by atoms with Crippen molar-refractivity contribution in [1.29, 1.82) is 0 Å². The molecule has 1 rings (SSSR count). The van der Waals surface area contributed by atoms with Gasteiger partial charge in [-0.25, -0.2) is 9.59 Å². The highest BCUT2D eigenvalue weighted by Crippen LogP contribution is 2.04. The third-order valence-electron chi connectivity index (χ3n) is 1.81. The molecule has 0 aromatic heterocycles. The Hall–Kier alpha value is -1.14. The molecule has 0 radical (unpaired) electrons. The van der Waals surface area contributed by atoms with Crippen molar-refractivity contribution in [3.8, 4) is 0 Å². The molecular formula is C8H12O6. The van der Waals surface area contributed by atoms with Gasteiger partial charge >= 0.3 is 11.9 Å². The summed E-state index contributed by atoms with van der Waals surface area (Å²) < 4.78 is 9.19. The van der Waals surface area contributed by atoms with E-state index in [4.69, 9.17) is 10.2 Å². The summed E-state index contributed by atoms with van der Waals surface area (Å²) in [6.07, 6.45) is -2.61. The third kappa shape index (κ3) is 2.68. The van der Waals surface area contributed by atoms with Crippen LogP contribution in [0.1, 0.15) is 12.8 Å². The molecule has 6 nitrogen and oxygen atoms in total. The Morgan fingerprint density at radius 3 is 1.64 bits per heavy atom. The highest BCUT2D eigenvalue weighted by molar-refractivity contribution is 5.85. The first kappa shape index (κ1) is 10.9. The summed E-state index contributed by atoms with van der Waals surface area (Å²) in [6, 6.07) is 0. The van der Waals surface area contributed by atoms with Gasteiger partial charge in [-0.1, -0.05) is 0 Å². The van der Waals surface area contributed by atoms with Gasteiger partial charge in [-0.05, 0) is 12.8 Å². The van der Waals surface area contributed by atoms with Gasteiger partial charge in [0.15, 0.2) is 12.2 Å². The van der Waals surface area contributed by atoms with Crippen molar-refractivity contribution in [3.05, 3.63) is 0 Å². The molecule has 1 aliphatic rings. The first-order valence-corrected chi connectivity index (χ1v) is 4.32. The van der Waals surface area contributed by atoms with Crippen LogP contribution in [-0.4, -0.2) is 47.6 Å². The van der Waals surface area contributed by atoms with Gasteiger partial charge in [0.1, 0.15) is 0 Å². The summed E-state index contributed by atoms with van der Waals surface area (Å²) in [5, 5.41) is 18.2. The number of esters is 2. The van der Waals surface area contributed by atoms with E-state index >= 15 is 0 Å². The number of aliphatic hydroxyl groups excluding tert-OH is 2. The second-order valence-corrected chi connectivity index (χ2v) is 2.93. The van der Waals surface area contributed by atoms with Gasteiger partial charge in [-0.3, -0.25) is 0 Å². The van der Waals surface area contributed by atoms with Gasteiger partial charge in [-0.2, -0.15) is 0 Å². The third-order valence-corrected chi connectivity index (χ3v) is 1.81. The van der Waals surface area contributed by atoms with E-state index in [0.29, 0.717) is 12.8 Å². The van der Waals surface area contributed by atoms with Crippen LogP contribution in [0.3, 0.4) is 0 Å². The van der Waals surface area contributed by atoms with Crippen LogP contribution in [0.5, 0.6) is 0 Å². The standard InChI is InChI=1S/C8H12O6/c9-5-6(10)8(12)14-4-2-1-3-13-7(5)11/h5-6,9-10H,1-4H2. The number of carbonyl (C=O) groups is 2. The average Bonchev–Trinajstić information content (AvgIpc) is 2.19. The van der Waals surface area contributed by atoms with Gasteiger partial charge in [0.25, 0.3) is 0 Å². The first-order chi connectivity index (χ1) is 6.63. The number of ether oxygens (including phenoxy) is 2. The number of aliphatic hydroxyl groups is 2. The van der Waals surface area contributed by atoms with Crippen molar-refractivity contribution in [2.75, 3.05) is 13.2 Å². The largest absolute Gasteiger partial charge is 0.464 e. The molecule has 14 heavy (non-hydrogen) atoms. The summed E-state index contributed by atoms with van der Waals surface area (Å²) in [5.41, 5.74) is 0. The summed E-state index contributed by atoms with van der Waals surface area (Å²) in [6.45, 7) is 0.306. The zero-order valence-corrected chi connectivity index (χ0v) is 7.51. The molecule has 0 aromatic rings. The summed E-state index contributed by atoms with van der Waals surface area (Å²) in [4.78, 5) is 21.9. The summed E-state index contributed by atoms with van der Waals surface area (Å²) >= 11 is 0. The summed E-state index contributed by atoms with van der Waals surface area (Å²) in [7, 11) is 0. The number of hydrogen-bond acceptors (Lipinski definition) is 6. The van der Waals surface area contributed by atoms with E-state index in [1.165, 1.54) is 0 Å². The average molecular weight is 204 g/mol. The van der Waals surface area contributed by atoms with Gasteiger partial charge in [0, 0.05) is 0 Å². The topological polar surface area (TPSA) is 93.1 Å². The Morgan fingerprint density at radius 1 is 0.929 bits per heavy atom. The van der Waals surface area contributed by atoms with Crippen LogP contribution in [0, 0.1) is 0 Å².